The van der Waals surface area contributed by atoms with Crippen LogP contribution in [0.5, 0.6) is 0 Å². The molecule has 0 aliphatic heterocycles. The molecule has 0 amide bonds. The number of hydrogen-bond acceptors (Lipinski definition) is 2. The van der Waals surface area contributed by atoms with E-state index in [0.717, 1.165) is 9.79 Å². The van der Waals surface area contributed by atoms with Crippen LogP contribution in [0.15, 0.2) is 88.7 Å². The molecule has 0 saturated heterocycles. The van der Waals surface area contributed by atoms with Gasteiger partial charge < -0.3 is 25.3 Å². The maximum Gasteiger partial charge on any atom is -0.0152 e. The molecule has 104 valence electrons. The molecule has 0 atom stereocenters. The van der Waals surface area contributed by atoms with Crippen LogP contribution in [0.4, 0.5) is 0 Å². The van der Waals surface area contributed by atoms with Gasteiger partial charge in [-0.15, -0.1) is 0 Å². The van der Waals surface area contributed by atoms with Crippen LogP contribution in [0, 0.1) is 0 Å². The zero-order chi connectivity index (χ0) is 14.7. The molecule has 0 nitrogen and oxygen atoms in total. The van der Waals surface area contributed by atoms with Crippen LogP contribution in [0.2, 0.25) is 0 Å². The van der Waals surface area contributed by atoms with Gasteiger partial charge in [0.1, 0.15) is 0 Å². The molecule has 0 fully saturated rings. The van der Waals surface area contributed by atoms with Crippen LogP contribution in [-0.4, -0.2) is 0 Å². The van der Waals surface area contributed by atoms with Gasteiger partial charge in [0.2, 0.25) is 0 Å². The minimum Gasteiger partial charge on any atom is -0.779 e. The van der Waals surface area contributed by atoms with E-state index in [2.05, 4.69) is 48.5 Å². The van der Waals surface area contributed by atoms with Crippen LogP contribution in [-0.2, 0) is 25.3 Å². The Labute approximate surface area is 137 Å². The lowest BCUT2D eigenvalue weighted by Crippen LogP contribution is -2.23. The molecule has 0 radical (unpaired) electrons. The Morgan fingerprint density at radius 3 is 1.43 bits per heavy atom. The molecular formula is C18H13PS2-2. The van der Waals surface area contributed by atoms with Gasteiger partial charge in [-0.25, -0.2) is 0 Å². The molecule has 0 saturated carbocycles. The van der Waals surface area contributed by atoms with Crippen molar-refractivity contribution in [3.63, 3.8) is 0 Å². The summed E-state index contributed by atoms with van der Waals surface area (Å²) >= 11 is 11.1. The van der Waals surface area contributed by atoms with Crippen molar-refractivity contribution in [3.8, 4) is 0 Å². The molecule has 21 heavy (non-hydrogen) atoms. The van der Waals surface area contributed by atoms with Crippen LogP contribution >= 0.6 is 7.92 Å². The van der Waals surface area contributed by atoms with Crippen molar-refractivity contribution in [3.05, 3.63) is 78.9 Å². The minimum atomic E-state index is -0.696. The second-order valence-electron chi connectivity index (χ2n) is 4.61. The third kappa shape index (κ3) is 3.08. The summed E-state index contributed by atoms with van der Waals surface area (Å²) in [4.78, 5) is 1.82. The summed E-state index contributed by atoms with van der Waals surface area (Å²) in [7, 11) is -0.696. The van der Waals surface area contributed by atoms with Gasteiger partial charge in [0.05, 0.1) is 0 Å². The first-order valence-corrected chi connectivity index (χ1v) is 8.80. The lowest BCUT2D eigenvalue weighted by Gasteiger charge is -2.28. The summed E-state index contributed by atoms with van der Waals surface area (Å²) in [6, 6.07) is 26.8. The largest absolute Gasteiger partial charge is 0.779 e. The van der Waals surface area contributed by atoms with Crippen molar-refractivity contribution in [1.82, 2.24) is 0 Å². The zero-order valence-electron chi connectivity index (χ0n) is 11.3. The summed E-state index contributed by atoms with van der Waals surface area (Å²) in [6.45, 7) is 0. The van der Waals surface area contributed by atoms with Gasteiger partial charge in [-0.2, -0.15) is 9.79 Å². The first-order valence-electron chi connectivity index (χ1n) is 6.64. The Bertz CT molecular complexity index is 695. The Hall–Kier alpha value is -1.47. The average Bonchev–Trinajstić information content (AvgIpc) is 2.52. The second-order valence-corrected chi connectivity index (χ2v) is 7.64. The zero-order valence-corrected chi connectivity index (χ0v) is 13.8. The molecule has 0 aromatic heterocycles. The van der Waals surface area contributed by atoms with Crippen LogP contribution in [0.25, 0.3) is 0 Å². The number of hydrogen-bond donors (Lipinski definition) is 0. The van der Waals surface area contributed by atoms with Crippen LogP contribution in [0.1, 0.15) is 0 Å². The smallest absolute Gasteiger partial charge is 0.0152 e. The standard InChI is InChI=1S/C18H15PS2/c20-17-12-6-4-10-15(17)19(14-8-2-1-3-9-14)16-11-5-7-13-18(16)21/h1-13,20-21H/p-2. The summed E-state index contributed by atoms with van der Waals surface area (Å²) < 4.78 is 0. The molecule has 3 aromatic rings. The third-order valence-electron chi connectivity index (χ3n) is 3.23. The first-order chi connectivity index (χ1) is 10.3. The van der Waals surface area contributed by atoms with E-state index in [1.54, 1.807) is 0 Å². The van der Waals surface area contributed by atoms with E-state index in [0.29, 0.717) is 0 Å². The summed E-state index contributed by atoms with van der Waals surface area (Å²) in [5.74, 6) is 0. The Morgan fingerprint density at radius 2 is 0.952 bits per heavy atom. The molecule has 0 bridgehead atoms. The summed E-state index contributed by atoms with van der Waals surface area (Å²) in [6.07, 6.45) is 0. The number of rotatable bonds is 3. The number of benzene rings is 3. The Morgan fingerprint density at radius 1 is 0.524 bits per heavy atom. The third-order valence-corrected chi connectivity index (χ3v) is 6.80. The molecule has 3 rings (SSSR count). The van der Waals surface area contributed by atoms with E-state index in [-0.39, 0.29) is 0 Å². The fourth-order valence-electron chi connectivity index (χ4n) is 2.27. The van der Waals surface area contributed by atoms with Gasteiger partial charge >= 0.3 is 0 Å². The van der Waals surface area contributed by atoms with E-state index in [9.17, 15) is 0 Å². The van der Waals surface area contributed by atoms with Crippen molar-refractivity contribution in [1.29, 1.82) is 0 Å². The van der Waals surface area contributed by atoms with Crippen molar-refractivity contribution < 1.29 is 0 Å². The van der Waals surface area contributed by atoms with Crippen molar-refractivity contribution >= 4 is 49.1 Å². The van der Waals surface area contributed by atoms with Crippen molar-refractivity contribution in [2.24, 2.45) is 0 Å². The topological polar surface area (TPSA) is 0 Å². The molecule has 3 aromatic carbocycles. The normalized spacial score (nSPS) is 10.7. The maximum absolute atomic E-state index is 5.55. The highest BCUT2D eigenvalue weighted by Gasteiger charge is 2.15. The van der Waals surface area contributed by atoms with Crippen molar-refractivity contribution in [2.45, 2.75) is 9.79 Å². The molecule has 0 aliphatic carbocycles. The molecule has 0 spiro atoms. The monoisotopic (exact) mass is 324 g/mol. The molecule has 3 heteroatoms. The minimum absolute atomic E-state index is 0.696. The fraction of sp³-hybridized carbons (Fsp3) is 0. The predicted octanol–water partition coefficient (Wildman–Crippen LogP) is 3.26. The average molecular weight is 324 g/mol. The lowest BCUT2D eigenvalue weighted by atomic mass is 10.3. The highest BCUT2D eigenvalue weighted by atomic mass is 32.1. The second kappa shape index (κ2) is 6.53. The SMILES string of the molecule is [S-]c1ccccc1P(c1ccccc1)c1ccccc1[S-]. The van der Waals surface area contributed by atoms with Crippen LogP contribution < -0.4 is 15.9 Å². The van der Waals surface area contributed by atoms with E-state index in [1.807, 2.05) is 30.3 Å². The van der Waals surface area contributed by atoms with Gasteiger partial charge in [0, 0.05) is 0 Å². The highest BCUT2D eigenvalue weighted by molar-refractivity contribution is 7.81. The molecule has 0 aliphatic rings. The van der Waals surface area contributed by atoms with Gasteiger partial charge in [-0.05, 0) is 23.8 Å². The van der Waals surface area contributed by atoms with E-state index in [1.165, 1.54) is 15.9 Å². The lowest BCUT2D eigenvalue weighted by molar-refractivity contribution is 1.52. The summed E-state index contributed by atoms with van der Waals surface area (Å²) in [5.41, 5.74) is 0. The van der Waals surface area contributed by atoms with Gasteiger partial charge in [-0.3, -0.25) is 0 Å². The van der Waals surface area contributed by atoms with Crippen LogP contribution in [0.3, 0.4) is 0 Å². The van der Waals surface area contributed by atoms with E-state index in [4.69, 9.17) is 25.3 Å². The maximum atomic E-state index is 5.55. The van der Waals surface area contributed by atoms with E-state index < -0.39 is 7.92 Å². The summed E-state index contributed by atoms with van der Waals surface area (Å²) in [5, 5.41) is 3.68. The fourth-order valence-corrected chi connectivity index (χ4v) is 5.46. The predicted molar refractivity (Wildman–Crippen MR) is 96.4 cm³/mol. The first kappa shape index (κ1) is 14.5. The molecular weight excluding hydrogens is 311 g/mol. The highest BCUT2D eigenvalue weighted by Crippen LogP contribution is 2.35. The van der Waals surface area contributed by atoms with Gasteiger partial charge in [-0.1, -0.05) is 78.9 Å². The van der Waals surface area contributed by atoms with Gasteiger partial charge in [0.25, 0.3) is 0 Å². The Balaban J connectivity index is 2.22. The van der Waals surface area contributed by atoms with Crippen molar-refractivity contribution in [2.75, 3.05) is 0 Å². The van der Waals surface area contributed by atoms with Gasteiger partial charge in [0.15, 0.2) is 0 Å². The molecule has 0 unspecified atom stereocenters. The molecule has 0 N–H and O–H groups in total. The molecule has 0 heterocycles. The Kier molecular flexibility index (Phi) is 4.50. The quantitative estimate of drug-likeness (QED) is 0.536. The van der Waals surface area contributed by atoms with E-state index >= 15 is 0 Å².